The van der Waals surface area contributed by atoms with Crippen LogP contribution in [0.15, 0.2) is 95.0 Å². The fraction of sp³-hybridized carbons (Fsp3) is 0.161. The van der Waals surface area contributed by atoms with E-state index in [1.165, 1.54) is 10.8 Å². The highest BCUT2D eigenvalue weighted by Crippen LogP contribution is 2.33. The Labute approximate surface area is 244 Å². The van der Waals surface area contributed by atoms with Gasteiger partial charge in [-0.2, -0.15) is 5.26 Å². The summed E-state index contributed by atoms with van der Waals surface area (Å²) in [4.78, 5) is 17.2. The molecule has 5 rings (SSSR count). The monoisotopic (exact) mass is 677 g/mol. The van der Waals surface area contributed by atoms with E-state index in [9.17, 15) is 10.1 Å². The van der Waals surface area contributed by atoms with Crippen molar-refractivity contribution in [2.75, 3.05) is 31.1 Å². The normalized spacial score (nSPS) is 13.9. The van der Waals surface area contributed by atoms with Gasteiger partial charge in [0.2, 0.25) is 0 Å². The Morgan fingerprint density at radius 1 is 0.947 bits per heavy atom. The molecule has 1 amide bonds. The maximum Gasteiger partial charge on any atom is 0.264 e. The van der Waals surface area contributed by atoms with Crippen LogP contribution in [0, 0.1) is 14.9 Å². The van der Waals surface area contributed by atoms with Gasteiger partial charge in [-0.1, -0.05) is 54.6 Å². The van der Waals surface area contributed by atoms with Crippen molar-refractivity contribution in [2.24, 2.45) is 0 Å². The first-order chi connectivity index (χ1) is 18.5. The number of piperazine rings is 1. The molecule has 0 spiro atoms. The van der Waals surface area contributed by atoms with Crippen molar-refractivity contribution in [3.8, 4) is 11.8 Å². The molecule has 1 aliphatic rings. The minimum Gasteiger partial charge on any atom is -0.487 e. The molecule has 1 aliphatic heterocycles. The number of rotatable bonds is 6. The van der Waals surface area contributed by atoms with Crippen molar-refractivity contribution in [2.45, 2.75) is 6.61 Å². The van der Waals surface area contributed by atoms with Gasteiger partial charge >= 0.3 is 0 Å². The molecule has 5 nitrogen and oxygen atoms in total. The lowest BCUT2D eigenvalue weighted by atomic mass is 10.1. The summed E-state index contributed by atoms with van der Waals surface area (Å²) in [6, 6.07) is 30.7. The van der Waals surface area contributed by atoms with Crippen LogP contribution in [0.5, 0.6) is 5.75 Å². The Bertz CT molecular complexity index is 1520. The number of amides is 1. The molecule has 0 atom stereocenters. The molecule has 1 saturated heterocycles. The van der Waals surface area contributed by atoms with Crippen LogP contribution >= 0.6 is 38.5 Å². The largest absolute Gasteiger partial charge is 0.487 e. The molecule has 1 heterocycles. The summed E-state index contributed by atoms with van der Waals surface area (Å²) in [5.41, 5.74) is 3.14. The summed E-state index contributed by atoms with van der Waals surface area (Å²) in [6.45, 7) is 3.07. The second-order valence-corrected chi connectivity index (χ2v) is 11.1. The SMILES string of the molecule is N#C/C(=C/c1cc(Br)c(OCc2ccc3ccccc3c2)c(I)c1)C(=O)N1CCN(c2ccccc2)CC1. The van der Waals surface area contributed by atoms with Crippen molar-refractivity contribution >= 4 is 67.0 Å². The molecule has 0 N–H and O–H groups in total. The quantitative estimate of drug-likeness (QED) is 0.125. The number of hydrogen-bond acceptors (Lipinski definition) is 4. The average Bonchev–Trinajstić information content (AvgIpc) is 2.95. The first kappa shape index (κ1) is 26.3. The Hall–Kier alpha value is -3.35. The summed E-state index contributed by atoms with van der Waals surface area (Å²) in [7, 11) is 0. The van der Waals surface area contributed by atoms with Crippen LogP contribution in [0.1, 0.15) is 11.1 Å². The van der Waals surface area contributed by atoms with Crippen LogP contribution in [-0.4, -0.2) is 37.0 Å². The summed E-state index contributed by atoms with van der Waals surface area (Å²) in [5.74, 6) is 0.501. The third kappa shape index (κ3) is 6.03. The maximum absolute atomic E-state index is 13.1. The van der Waals surface area contributed by atoms with Crippen molar-refractivity contribution < 1.29 is 9.53 Å². The number of carbonyl (C=O) groups is 1. The van der Waals surface area contributed by atoms with E-state index in [1.807, 2.05) is 42.5 Å². The number of nitrogens with zero attached hydrogens (tertiary/aromatic N) is 3. The van der Waals surface area contributed by atoms with Gasteiger partial charge in [0.1, 0.15) is 24.0 Å². The number of halogens is 2. The number of para-hydroxylation sites is 1. The van der Waals surface area contributed by atoms with E-state index >= 15 is 0 Å². The van der Waals surface area contributed by atoms with Crippen molar-refractivity contribution in [3.63, 3.8) is 0 Å². The molecule has 0 bridgehead atoms. The van der Waals surface area contributed by atoms with E-state index in [0.717, 1.165) is 43.7 Å². The van der Waals surface area contributed by atoms with Crippen LogP contribution in [0.4, 0.5) is 5.69 Å². The lowest BCUT2D eigenvalue weighted by molar-refractivity contribution is -0.126. The Morgan fingerprint density at radius 2 is 1.66 bits per heavy atom. The van der Waals surface area contributed by atoms with Crippen LogP contribution < -0.4 is 9.64 Å². The lowest BCUT2D eigenvalue weighted by Crippen LogP contribution is -2.49. The summed E-state index contributed by atoms with van der Waals surface area (Å²) < 4.78 is 7.83. The summed E-state index contributed by atoms with van der Waals surface area (Å²) in [5, 5.41) is 12.2. The van der Waals surface area contributed by atoms with E-state index in [4.69, 9.17) is 4.74 Å². The average molecular weight is 678 g/mol. The van der Waals surface area contributed by atoms with Crippen molar-refractivity contribution in [3.05, 3.63) is 110 Å². The van der Waals surface area contributed by atoms with Crippen molar-refractivity contribution in [1.29, 1.82) is 5.26 Å². The van der Waals surface area contributed by atoms with Crippen LogP contribution in [0.25, 0.3) is 16.8 Å². The zero-order valence-electron chi connectivity index (χ0n) is 20.6. The van der Waals surface area contributed by atoms with E-state index < -0.39 is 0 Å². The fourth-order valence-corrected chi connectivity index (χ4v) is 6.34. The number of benzene rings is 4. The predicted octanol–water partition coefficient (Wildman–Crippen LogP) is 7.04. The molecule has 0 aromatic heterocycles. The fourth-order valence-electron chi connectivity index (χ4n) is 4.57. The van der Waals surface area contributed by atoms with E-state index in [2.05, 4.69) is 92.0 Å². The lowest BCUT2D eigenvalue weighted by Gasteiger charge is -2.36. The van der Waals surface area contributed by atoms with Crippen LogP contribution in [-0.2, 0) is 11.4 Å². The first-order valence-electron chi connectivity index (χ1n) is 12.3. The van der Waals surface area contributed by atoms with Gasteiger partial charge < -0.3 is 14.5 Å². The Kier molecular flexibility index (Phi) is 8.30. The van der Waals surface area contributed by atoms with Crippen molar-refractivity contribution in [1.82, 2.24) is 4.90 Å². The number of anilines is 1. The molecule has 0 unspecified atom stereocenters. The molecule has 0 radical (unpaired) electrons. The standard InChI is InChI=1S/C31H25BrIN3O2/c32-28-18-23(19-29(33)30(28)38-21-22-10-11-24-6-4-5-7-25(24)16-22)17-26(20-34)31(37)36-14-12-35(13-15-36)27-8-2-1-3-9-27/h1-11,16-19H,12-15,21H2/b26-17-. The highest BCUT2D eigenvalue weighted by molar-refractivity contribution is 14.1. The molecule has 0 aliphatic carbocycles. The third-order valence-electron chi connectivity index (χ3n) is 6.57. The van der Waals surface area contributed by atoms with Crippen LogP contribution in [0.2, 0.25) is 0 Å². The van der Waals surface area contributed by atoms with Gasteiger partial charge in [0.05, 0.1) is 8.04 Å². The highest BCUT2D eigenvalue weighted by Gasteiger charge is 2.24. The van der Waals surface area contributed by atoms with Gasteiger partial charge in [-0.3, -0.25) is 4.79 Å². The van der Waals surface area contributed by atoms with Gasteiger partial charge in [-0.15, -0.1) is 0 Å². The van der Waals surface area contributed by atoms with Gasteiger partial charge in [-0.05, 0) is 96.8 Å². The molecule has 4 aromatic rings. The molecular weight excluding hydrogens is 653 g/mol. The number of ether oxygens (including phenoxy) is 1. The van der Waals surface area contributed by atoms with E-state index in [-0.39, 0.29) is 11.5 Å². The first-order valence-corrected chi connectivity index (χ1v) is 14.2. The maximum atomic E-state index is 13.1. The molecule has 1 fully saturated rings. The van der Waals surface area contributed by atoms with E-state index in [0.29, 0.717) is 19.7 Å². The molecular formula is C31H25BrIN3O2. The van der Waals surface area contributed by atoms with Gasteiger partial charge in [-0.25, -0.2) is 0 Å². The second-order valence-electron chi connectivity index (χ2n) is 9.07. The highest BCUT2D eigenvalue weighted by atomic mass is 127. The second kappa shape index (κ2) is 12.0. The number of nitriles is 1. The Morgan fingerprint density at radius 3 is 2.37 bits per heavy atom. The third-order valence-corrected chi connectivity index (χ3v) is 7.96. The topological polar surface area (TPSA) is 56.6 Å². The predicted molar refractivity (Wildman–Crippen MR) is 164 cm³/mol. The molecule has 190 valence electrons. The minimum absolute atomic E-state index is 0.130. The zero-order chi connectivity index (χ0) is 26.5. The van der Waals surface area contributed by atoms with Gasteiger partial charge in [0.15, 0.2) is 0 Å². The summed E-state index contributed by atoms with van der Waals surface area (Å²) >= 11 is 5.85. The number of hydrogen-bond donors (Lipinski definition) is 0. The van der Waals surface area contributed by atoms with Gasteiger partial charge in [0.25, 0.3) is 5.91 Å². The molecule has 0 saturated carbocycles. The van der Waals surface area contributed by atoms with E-state index in [1.54, 1.807) is 11.0 Å². The number of carbonyl (C=O) groups excluding carboxylic acids is 1. The Balaban J connectivity index is 1.26. The minimum atomic E-state index is -0.233. The molecule has 7 heteroatoms. The zero-order valence-corrected chi connectivity index (χ0v) is 24.4. The number of fused-ring (bicyclic) bond motifs is 1. The molecule has 38 heavy (non-hydrogen) atoms. The summed E-state index contributed by atoms with van der Waals surface area (Å²) in [6.07, 6.45) is 1.66. The van der Waals surface area contributed by atoms with Gasteiger partial charge in [0, 0.05) is 31.9 Å². The molecule has 4 aromatic carbocycles. The smallest absolute Gasteiger partial charge is 0.264 e. The van der Waals surface area contributed by atoms with Crippen LogP contribution in [0.3, 0.4) is 0 Å².